The summed E-state index contributed by atoms with van der Waals surface area (Å²) in [4.78, 5) is 13.8. The van der Waals surface area contributed by atoms with Gasteiger partial charge in [-0.3, -0.25) is 4.68 Å². The van der Waals surface area contributed by atoms with E-state index < -0.39 is 0 Å². The Morgan fingerprint density at radius 1 is 1.53 bits per heavy atom. The van der Waals surface area contributed by atoms with E-state index in [9.17, 15) is 4.79 Å². The highest BCUT2D eigenvalue weighted by atomic mass is 16.6. The first-order valence-electron chi connectivity index (χ1n) is 6.88. The summed E-state index contributed by atoms with van der Waals surface area (Å²) in [7, 11) is 1.95. The lowest BCUT2D eigenvalue weighted by Crippen LogP contribution is -2.46. The fourth-order valence-corrected chi connectivity index (χ4v) is 2.81. The third kappa shape index (κ3) is 2.74. The van der Waals surface area contributed by atoms with Crippen LogP contribution in [-0.2, 0) is 23.7 Å². The van der Waals surface area contributed by atoms with Gasteiger partial charge in [-0.2, -0.15) is 5.10 Å². The maximum Gasteiger partial charge on any atom is 0.410 e. The Balaban J connectivity index is 2.10. The molecule has 0 N–H and O–H groups in total. The molecule has 1 aliphatic heterocycles. The van der Waals surface area contributed by atoms with Gasteiger partial charge in [0.05, 0.1) is 25.0 Å². The van der Waals surface area contributed by atoms with Gasteiger partial charge in [-0.05, 0) is 6.42 Å². The third-order valence-corrected chi connectivity index (χ3v) is 3.58. The average molecular weight is 265 g/mol. The maximum atomic E-state index is 12.1. The molecule has 0 atom stereocenters. The Morgan fingerprint density at radius 3 is 2.95 bits per heavy atom. The van der Waals surface area contributed by atoms with Crippen molar-refractivity contribution in [1.29, 1.82) is 0 Å². The number of hydrogen-bond acceptors (Lipinski definition) is 3. The molecule has 5 heteroatoms. The minimum absolute atomic E-state index is 0.0946. The van der Waals surface area contributed by atoms with Crippen LogP contribution < -0.4 is 0 Å². The average Bonchev–Trinajstić information content (AvgIpc) is 2.71. The highest BCUT2D eigenvalue weighted by Gasteiger charge is 2.37. The lowest BCUT2D eigenvalue weighted by Gasteiger charge is -2.37. The summed E-state index contributed by atoms with van der Waals surface area (Å²) in [5.41, 5.74) is 2.24. The molecule has 0 saturated heterocycles. The van der Waals surface area contributed by atoms with E-state index in [1.807, 2.05) is 17.9 Å². The number of aromatic nitrogens is 2. The Kier molecular flexibility index (Phi) is 3.83. The molecule has 0 spiro atoms. The Bertz CT molecular complexity index is 465. The van der Waals surface area contributed by atoms with Gasteiger partial charge in [0.1, 0.15) is 0 Å². The van der Waals surface area contributed by atoms with Crippen LogP contribution in [0.1, 0.15) is 44.9 Å². The molecule has 0 saturated carbocycles. The number of carbonyl (C=O) groups excluding carboxylic acids is 1. The van der Waals surface area contributed by atoms with Gasteiger partial charge < -0.3 is 9.64 Å². The van der Waals surface area contributed by atoms with E-state index in [1.165, 1.54) is 5.69 Å². The molecule has 5 nitrogen and oxygen atoms in total. The van der Waals surface area contributed by atoms with Crippen molar-refractivity contribution in [3.63, 3.8) is 0 Å². The summed E-state index contributed by atoms with van der Waals surface area (Å²) in [5, 5.41) is 4.30. The van der Waals surface area contributed by atoms with E-state index in [2.05, 4.69) is 25.9 Å². The molecule has 0 radical (unpaired) electrons. The van der Waals surface area contributed by atoms with E-state index >= 15 is 0 Å². The molecule has 1 amide bonds. The van der Waals surface area contributed by atoms with Crippen LogP contribution in [0.5, 0.6) is 0 Å². The van der Waals surface area contributed by atoms with Gasteiger partial charge in [-0.1, -0.05) is 27.2 Å². The molecule has 19 heavy (non-hydrogen) atoms. The molecular formula is C14H23N3O2. The van der Waals surface area contributed by atoms with Crippen LogP contribution in [0.3, 0.4) is 0 Å². The third-order valence-electron chi connectivity index (χ3n) is 3.58. The van der Waals surface area contributed by atoms with Crippen LogP contribution >= 0.6 is 0 Å². The zero-order valence-electron chi connectivity index (χ0n) is 12.3. The number of amides is 1. The van der Waals surface area contributed by atoms with Crippen LogP contribution in [0.2, 0.25) is 0 Å². The van der Waals surface area contributed by atoms with E-state index in [1.54, 1.807) is 4.90 Å². The summed E-state index contributed by atoms with van der Waals surface area (Å²) < 4.78 is 7.21. The summed E-state index contributed by atoms with van der Waals surface area (Å²) in [6.45, 7) is 8.13. The summed E-state index contributed by atoms with van der Waals surface area (Å²) in [6.07, 6.45) is 3.59. The largest absolute Gasteiger partial charge is 0.449 e. The molecule has 0 unspecified atom stereocenters. The SMILES string of the molecule is CCCCOC(=O)N1Cc2cnn(C)c2C(C)(C)C1. The predicted octanol–water partition coefficient (Wildman–Crippen LogP) is 2.45. The molecule has 0 aliphatic carbocycles. The van der Waals surface area contributed by atoms with E-state index in [-0.39, 0.29) is 11.5 Å². The van der Waals surface area contributed by atoms with Crippen molar-refractivity contribution in [2.45, 2.75) is 45.6 Å². The second-order valence-corrected chi connectivity index (χ2v) is 5.85. The van der Waals surface area contributed by atoms with Crippen LogP contribution in [0, 0.1) is 0 Å². The van der Waals surface area contributed by atoms with Gasteiger partial charge >= 0.3 is 6.09 Å². The van der Waals surface area contributed by atoms with Crippen LogP contribution in [0.4, 0.5) is 4.79 Å². The maximum absolute atomic E-state index is 12.1. The topological polar surface area (TPSA) is 47.4 Å². The van der Waals surface area contributed by atoms with Crippen molar-refractivity contribution < 1.29 is 9.53 Å². The standard InChI is InChI=1S/C14H23N3O2/c1-5-6-7-19-13(18)17-9-11-8-15-16(4)12(11)14(2,3)10-17/h8H,5-7,9-10H2,1-4H3. The molecule has 106 valence electrons. The number of hydrogen-bond donors (Lipinski definition) is 0. The van der Waals surface area contributed by atoms with E-state index in [4.69, 9.17) is 4.74 Å². The zero-order valence-corrected chi connectivity index (χ0v) is 12.3. The lowest BCUT2D eigenvalue weighted by molar-refractivity contribution is 0.0854. The molecule has 1 aromatic heterocycles. The van der Waals surface area contributed by atoms with Gasteiger partial charge in [0, 0.05) is 24.6 Å². The number of unbranched alkanes of at least 4 members (excludes halogenated alkanes) is 1. The van der Waals surface area contributed by atoms with Gasteiger partial charge in [-0.25, -0.2) is 4.79 Å². The highest BCUT2D eigenvalue weighted by Crippen LogP contribution is 2.32. The quantitative estimate of drug-likeness (QED) is 0.789. The molecule has 0 fully saturated rings. The van der Waals surface area contributed by atoms with Crippen molar-refractivity contribution in [2.75, 3.05) is 13.2 Å². The van der Waals surface area contributed by atoms with Crippen molar-refractivity contribution in [2.24, 2.45) is 7.05 Å². The number of nitrogens with zero attached hydrogens (tertiary/aromatic N) is 3. The van der Waals surface area contributed by atoms with Gasteiger partial charge in [0.15, 0.2) is 0 Å². The molecule has 1 aromatic rings. The van der Waals surface area contributed by atoms with Crippen molar-refractivity contribution in [3.05, 3.63) is 17.5 Å². The first-order chi connectivity index (χ1) is 8.95. The predicted molar refractivity (Wildman–Crippen MR) is 72.9 cm³/mol. The molecule has 0 aromatic carbocycles. The number of aryl methyl sites for hydroxylation is 1. The second kappa shape index (κ2) is 5.23. The van der Waals surface area contributed by atoms with Crippen LogP contribution in [0.15, 0.2) is 6.20 Å². The first-order valence-corrected chi connectivity index (χ1v) is 6.88. The molecule has 2 rings (SSSR count). The zero-order chi connectivity index (χ0) is 14.0. The minimum atomic E-state index is -0.212. The number of rotatable bonds is 3. The van der Waals surface area contributed by atoms with Crippen LogP contribution in [-0.4, -0.2) is 33.9 Å². The summed E-state index contributed by atoms with van der Waals surface area (Å²) >= 11 is 0. The van der Waals surface area contributed by atoms with Gasteiger partial charge in [0.25, 0.3) is 0 Å². The molecule has 1 aliphatic rings. The van der Waals surface area contributed by atoms with Crippen molar-refractivity contribution in [1.82, 2.24) is 14.7 Å². The normalized spacial score (nSPS) is 17.2. The Hall–Kier alpha value is -1.52. The lowest BCUT2D eigenvalue weighted by atomic mass is 9.83. The summed E-state index contributed by atoms with van der Waals surface area (Å²) in [6, 6.07) is 0. The number of fused-ring (bicyclic) bond motifs is 1. The fourth-order valence-electron chi connectivity index (χ4n) is 2.81. The van der Waals surface area contributed by atoms with E-state index in [0.717, 1.165) is 18.4 Å². The van der Waals surface area contributed by atoms with Crippen LogP contribution in [0.25, 0.3) is 0 Å². The molecule has 2 heterocycles. The monoisotopic (exact) mass is 265 g/mol. The molecule has 0 bridgehead atoms. The Morgan fingerprint density at radius 2 is 2.26 bits per heavy atom. The van der Waals surface area contributed by atoms with Gasteiger partial charge in [0.2, 0.25) is 0 Å². The van der Waals surface area contributed by atoms with Crippen molar-refractivity contribution >= 4 is 6.09 Å². The van der Waals surface area contributed by atoms with E-state index in [0.29, 0.717) is 19.7 Å². The highest BCUT2D eigenvalue weighted by molar-refractivity contribution is 5.68. The minimum Gasteiger partial charge on any atom is -0.449 e. The fraction of sp³-hybridized carbons (Fsp3) is 0.714. The summed E-state index contributed by atoms with van der Waals surface area (Å²) in [5.74, 6) is 0. The molecular weight excluding hydrogens is 242 g/mol. The first kappa shape index (κ1) is 13.9. The smallest absolute Gasteiger partial charge is 0.410 e. The number of carbonyl (C=O) groups is 1. The Labute approximate surface area is 114 Å². The van der Waals surface area contributed by atoms with Gasteiger partial charge in [-0.15, -0.1) is 0 Å². The number of ether oxygens (including phenoxy) is 1. The second-order valence-electron chi connectivity index (χ2n) is 5.85. The van der Waals surface area contributed by atoms with Crippen molar-refractivity contribution in [3.8, 4) is 0 Å².